The summed E-state index contributed by atoms with van der Waals surface area (Å²) in [4.78, 5) is 0. The first-order valence-corrected chi connectivity index (χ1v) is 5.36. The Balaban J connectivity index is 2.55. The molecule has 0 saturated heterocycles. The Morgan fingerprint density at radius 2 is 2.31 bits per heavy atom. The molecule has 3 N–H and O–H groups in total. The predicted octanol–water partition coefficient (Wildman–Crippen LogP) is 1.83. The molecule has 0 aromatic heterocycles. The lowest BCUT2D eigenvalue weighted by Crippen LogP contribution is -2.28. The van der Waals surface area contributed by atoms with Crippen molar-refractivity contribution in [2.45, 2.75) is 19.4 Å². The van der Waals surface area contributed by atoms with Gasteiger partial charge in [-0.2, -0.15) is 0 Å². The van der Waals surface area contributed by atoms with Crippen molar-refractivity contribution in [3.63, 3.8) is 0 Å². The van der Waals surface area contributed by atoms with E-state index in [1.54, 1.807) is 6.07 Å². The van der Waals surface area contributed by atoms with Crippen molar-refractivity contribution in [3.8, 4) is 11.8 Å². The lowest BCUT2D eigenvalue weighted by atomic mass is 10.1. The fourth-order valence-corrected chi connectivity index (χ4v) is 1.49. The third-order valence-electron chi connectivity index (χ3n) is 2.30. The summed E-state index contributed by atoms with van der Waals surface area (Å²) in [6.07, 6.45) is 0.780. The second kappa shape index (κ2) is 7.00. The maximum atomic E-state index is 13.0. The molecule has 3 heteroatoms. The number of hydrogen-bond acceptors (Lipinski definition) is 2. The Labute approximate surface area is 96.0 Å². The molecule has 0 fully saturated rings. The molecule has 0 aliphatic heterocycles. The van der Waals surface area contributed by atoms with Gasteiger partial charge in [-0.3, -0.25) is 0 Å². The van der Waals surface area contributed by atoms with Crippen molar-refractivity contribution < 1.29 is 4.39 Å². The van der Waals surface area contributed by atoms with Gasteiger partial charge in [0.2, 0.25) is 0 Å². The van der Waals surface area contributed by atoms with E-state index in [1.807, 2.05) is 13.0 Å². The molecule has 0 aliphatic rings. The van der Waals surface area contributed by atoms with E-state index >= 15 is 0 Å². The first-order chi connectivity index (χ1) is 7.77. The minimum Gasteiger partial charge on any atom is -0.329 e. The van der Waals surface area contributed by atoms with Gasteiger partial charge in [-0.25, -0.2) is 4.39 Å². The molecule has 1 unspecified atom stereocenters. The molecule has 1 atom stereocenters. The van der Waals surface area contributed by atoms with E-state index in [-0.39, 0.29) is 11.9 Å². The van der Waals surface area contributed by atoms with E-state index in [1.165, 1.54) is 12.1 Å². The highest BCUT2D eigenvalue weighted by Gasteiger charge is 2.08. The Morgan fingerprint density at radius 1 is 1.50 bits per heavy atom. The van der Waals surface area contributed by atoms with Gasteiger partial charge in [-0.15, -0.1) is 11.8 Å². The molecule has 16 heavy (non-hydrogen) atoms. The molecular formula is C13H17FN2. The van der Waals surface area contributed by atoms with Crippen LogP contribution < -0.4 is 11.1 Å². The molecule has 86 valence electrons. The monoisotopic (exact) mass is 220 g/mol. The topological polar surface area (TPSA) is 38.0 Å². The smallest absolute Gasteiger partial charge is 0.123 e. The van der Waals surface area contributed by atoms with Crippen molar-refractivity contribution >= 4 is 0 Å². The summed E-state index contributed by atoms with van der Waals surface area (Å²) in [5.41, 5.74) is 6.53. The van der Waals surface area contributed by atoms with Gasteiger partial charge >= 0.3 is 0 Å². The van der Waals surface area contributed by atoms with Crippen LogP contribution in [-0.2, 0) is 0 Å². The van der Waals surface area contributed by atoms with Crippen LogP contribution in [0.25, 0.3) is 0 Å². The quantitative estimate of drug-likeness (QED) is 0.587. The van der Waals surface area contributed by atoms with E-state index in [0.29, 0.717) is 6.54 Å². The fourth-order valence-electron chi connectivity index (χ4n) is 1.49. The Hall–Kier alpha value is -1.37. The number of rotatable bonds is 5. The summed E-state index contributed by atoms with van der Waals surface area (Å²) in [6, 6.07) is 6.50. The summed E-state index contributed by atoms with van der Waals surface area (Å²) < 4.78 is 13.0. The molecule has 1 aromatic rings. The van der Waals surface area contributed by atoms with Crippen LogP contribution >= 0.6 is 0 Å². The zero-order valence-corrected chi connectivity index (χ0v) is 9.46. The van der Waals surface area contributed by atoms with Gasteiger partial charge in [0.25, 0.3) is 0 Å². The second-order valence-electron chi connectivity index (χ2n) is 3.47. The molecule has 0 aliphatic carbocycles. The van der Waals surface area contributed by atoms with E-state index in [2.05, 4.69) is 17.2 Å². The molecule has 1 rings (SSSR count). The minimum atomic E-state index is -0.230. The number of benzene rings is 1. The zero-order chi connectivity index (χ0) is 11.8. The highest BCUT2D eigenvalue weighted by molar-refractivity contribution is 5.20. The van der Waals surface area contributed by atoms with E-state index in [4.69, 9.17) is 5.73 Å². The third-order valence-corrected chi connectivity index (χ3v) is 2.30. The lowest BCUT2D eigenvalue weighted by molar-refractivity contribution is 0.544. The molecule has 0 heterocycles. The van der Waals surface area contributed by atoms with Crippen molar-refractivity contribution in [1.29, 1.82) is 0 Å². The normalized spacial score (nSPS) is 11.7. The van der Waals surface area contributed by atoms with Crippen molar-refractivity contribution in [1.82, 2.24) is 5.32 Å². The maximum absolute atomic E-state index is 13.0. The standard InChI is InChI=1S/C13H17FN2/c1-2-3-4-8-16-13(10-15)11-6-5-7-12(14)9-11/h5-7,9,13,16H,4,8,10,15H2,1H3. The molecular weight excluding hydrogens is 203 g/mol. The molecule has 0 amide bonds. The first kappa shape index (κ1) is 12.7. The molecule has 2 nitrogen and oxygen atoms in total. The van der Waals surface area contributed by atoms with Crippen LogP contribution in [0.5, 0.6) is 0 Å². The van der Waals surface area contributed by atoms with Crippen LogP contribution in [0.2, 0.25) is 0 Å². The molecule has 0 spiro atoms. The lowest BCUT2D eigenvalue weighted by Gasteiger charge is -2.16. The number of halogens is 1. The predicted molar refractivity (Wildman–Crippen MR) is 64.3 cm³/mol. The highest BCUT2D eigenvalue weighted by atomic mass is 19.1. The Kier molecular flexibility index (Phi) is 5.55. The van der Waals surface area contributed by atoms with Gasteiger partial charge in [0.05, 0.1) is 0 Å². The van der Waals surface area contributed by atoms with Crippen LogP contribution in [0.3, 0.4) is 0 Å². The molecule has 0 saturated carbocycles. The highest BCUT2D eigenvalue weighted by Crippen LogP contribution is 2.12. The largest absolute Gasteiger partial charge is 0.329 e. The van der Waals surface area contributed by atoms with Gasteiger partial charge in [0.15, 0.2) is 0 Å². The first-order valence-electron chi connectivity index (χ1n) is 5.36. The van der Waals surface area contributed by atoms with Gasteiger partial charge in [-0.1, -0.05) is 12.1 Å². The summed E-state index contributed by atoms with van der Waals surface area (Å²) in [5, 5.41) is 3.25. The summed E-state index contributed by atoms with van der Waals surface area (Å²) in [6.45, 7) is 3.02. The summed E-state index contributed by atoms with van der Waals surface area (Å²) in [7, 11) is 0. The van der Waals surface area contributed by atoms with Crippen LogP contribution in [-0.4, -0.2) is 13.1 Å². The van der Waals surface area contributed by atoms with E-state index in [9.17, 15) is 4.39 Å². The Bertz CT molecular complexity index is 379. The maximum Gasteiger partial charge on any atom is 0.123 e. The van der Waals surface area contributed by atoms with Crippen LogP contribution in [0.4, 0.5) is 4.39 Å². The number of hydrogen-bond donors (Lipinski definition) is 2. The number of nitrogens with two attached hydrogens (primary N) is 1. The average Bonchev–Trinajstić information content (AvgIpc) is 2.29. The van der Waals surface area contributed by atoms with Gasteiger partial charge in [-0.05, 0) is 24.6 Å². The number of nitrogens with one attached hydrogen (secondary N) is 1. The van der Waals surface area contributed by atoms with Crippen molar-refractivity contribution in [3.05, 3.63) is 35.6 Å². The van der Waals surface area contributed by atoms with Crippen LogP contribution in [0, 0.1) is 17.7 Å². The van der Waals surface area contributed by atoms with Gasteiger partial charge < -0.3 is 11.1 Å². The van der Waals surface area contributed by atoms with Gasteiger partial charge in [0.1, 0.15) is 5.82 Å². The van der Waals surface area contributed by atoms with Crippen LogP contribution in [0.15, 0.2) is 24.3 Å². The molecule has 0 radical (unpaired) electrons. The minimum absolute atomic E-state index is 0.00523. The van der Waals surface area contributed by atoms with Crippen molar-refractivity contribution in [2.24, 2.45) is 5.73 Å². The van der Waals surface area contributed by atoms with E-state index < -0.39 is 0 Å². The fraction of sp³-hybridized carbons (Fsp3) is 0.385. The molecule has 0 bridgehead atoms. The van der Waals surface area contributed by atoms with Gasteiger partial charge in [0, 0.05) is 25.6 Å². The molecule has 1 aromatic carbocycles. The SMILES string of the molecule is CC#CCCNC(CN)c1cccc(F)c1. The zero-order valence-electron chi connectivity index (χ0n) is 9.46. The average molecular weight is 220 g/mol. The van der Waals surface area contributed by atoms with Crippen LogP contribution in [0.1, 0.15) is 24.9 Å². The Morgan fingerprint density at radius 3 is 2.94 bits per heavy atom. The van der Waals surface area contributed by atoms with E-state index in [0.717, 1.165) is 18.5 Å². The summed E-state index contributed by atoms with van der Waals surface area (Å²) in [5.74, 6) is 5.56. The third kappa shape index (κ3) is 4.01. The second-order valence-corrected chi connectivity index (χ2v) is 3.47. The summed E-state index contributed by atoms with van der Waals surface area (Å²) >= 11 is 0. The van der Waals surface area contributed by atoms with Crippen molar-refractivity contribution in [2.75, 3.05) is 13.1 Å².